The van der Waals surface area contributed by atoms with Gasteiger partial charge in [-0.3, -0.25) is 4.90 Å². The molecule has 1 fully saturated rings. The predicted octanol–water partition coefficient (Wildman–Crippen LogP) is 2.29. The van der Waals surface area contributed by atoms with Crippen LogP contribution in [0.2, 0.25) is 0 Å². The molecule has 1 saturated heterocycles. The number of hydrogen-bond acceptors (Lipinski definition) is 5. The molecule has 0 radical (unpaired) electrons. The summed E-state index contributed by atoms with van der Waals surface area (Å²) in [5.41, 5.74) is 1.10. The highest BCUT2D eigenvalue weighted by atomic mass is 32.1. The fraction of sp³-hybridized carbons (Fsp3) is 0.667. The van der Waals surface area contributed by atoms with Crippen LogP contribution in [-0.4, -0.2) is 53.8 Å². The third kappa shape index (κ3) is 4.58. The molecule has 0 saturated carbocycles. The summed E-state index contributed by atoms with van der Waals surface area (Å²) in [7, 11) is 0. The second kappa shape index (κ2) is 7.76. The Bertz CT molecular complexity index is 421. The molecule has 0 aliphatic carbocycles. The maximum absolute atomic E-state index is 10.00. The van der Waals surface area contributed by atoms with E-state index < -0.39 is 0 Å². The van der Waals surface area contributed by atoms with Gasteiger partial charge >= 0.3 is 0 Å². The van der Waals surface area contributed by atoms with E-state index in [0.717, 1.165) is 62.8 Å². The smallest absolute Gasteiger partial charge is 0.185 e. The first-order chi connectivity index (χ1) is 9.69. The fourth-order valence-corrected chi connectivity index (χ4v) is 3.39. The molecule has 20 heavy (non-hydrogen) atoms. The van der Waals surface area contributed by atoms with Crippen LogP contribution in [0, 0.1) is 6.92 Å². The summed E-state index contributed by atoms with van der Waals surface area (Å²) in [5.74, 6) is 0. The van der Waals surface area contributed by atoms with Gasteiger partial charge in [0.1, 0.15) is 0 Å². The molecule has 1 atom stereocenters. The molecule has 5 heteroatoms. The standard InChI is InChI=1S/C15H25N3OS/c1-3-4-6-14(19)11-17-7-5-8-18(10-9-17)15-16-13(2)12-20-15/h3,12,14,19H,1,4-11H2,2H3. The topological polar surface area (TPSA) is 39.6 Å². The van der Waals surface area contributed by atoms with Crippen LogP contribution in [0.15, 0.2) is 18.0 Å². The Hall–Kier alpha value is -0.910. The van der Waals surface area contributed by atoms with Crippen molar-refractivity contribution in [2.24, 2.45) is 0 Å². The van der Waals surface area contributed by atoms with Crippen molar-refractivity contribution < 1.29 is 5.11 Å². The molecule has 2 heterocycles. The number of rotatable bonds is 6. The minimum Gasteiger partial charge on any atom is -0.392 e. The lowest BCUT2D eigenvalue weighted by Gasteiger charge is -2.23. The zero-order chi connectivity index (χ0) is 14.4. The second-order valence-corrected chi connectivity index (χ2v) is 6.27. The van der Waals surface area contributed by atoms with Crippen LogP contribution in [0.5, 0.6) is 0 Å². The first-order valence-electron chi connectivity index (χ1n) is 7.37. The Morgan fingerprint density at radius 2 is 2.30 bits per heavy atom. The molecule has 0 spiro atoms. The molecule has 4 nitrogen and oxygen atoms in total. The van der Waals surface area contributed by atoms with Crippen molar-refractivity contribution in [1.29, 1.82) is 0 Å². The number of allylic oxidation sites excluding steroid dienone is 1. The van der Waals surface area contributed by atoms with E-state index in [4.69, 9.17) is 0 Å². The molecule has 1 aromatic heterocycles. The van der Waals surface area contributed by atoms with Crippen LogP contribution in [-0.2, 0) is 0 Å². The van der Waals surface area contributed by atoms with Crippen LogP contribution in [0.1, 0.15) is 25.0 Å². The van der Waals surface area contributed by atoms with Gasteiger partial charge in [0.15, 0.2) is 5.13 Å². The summed E-state index contributed by atoms with van der Waals surface area (Å²) in [5, 5.41) is 13.2. The predicted molar refractivity (Wildman–Crippen MR) is 85.6 cm³/mol. The van der Waals surface area contributed by atoms with Crippen molar-refractivity contribution in [3.63, 3.8) is 0 Å². The number of aliphatic hydroxyl groups is 1. The third-order valence-corrected chi connectivity index (χ3v) is 4.66. The Kier molecular flexibility index (Phi) is 6.01. The largest absolute Gasteiger partial charge is 0.392 e. The molecular formula is C15H25N3OS. The van der Waals surface area contributed by atoms with E-state index in [-0.39, 0.29) is 6.10 Å². The highest BCUT2D eigenvalue weighted by Crippen LogP contribution is 2.21. The van der Waals surface area contributed by atoms with E-state index in [0.29, 0.717) is 0 Å². The minimum absolute atomic E-state index is 0.235. The Morgan fingerprint density at radius 3 is 3.00 bits per heavy atom. The van der Waals surface area contributed by atoms with E-state index >= 15 is 0 Å². The van der Waals surface area contributed by atoms with E-state index in [1.54, 1.807) is 11.3 Å². The number of β-amino-alcohol motifs (C(OH)–C–C–N with tert-alkyl or cyclic N) is 1. The van der Waals surface area contributed by atoms with Crippen LogP contribution in [0.4, 0.5) is 5.13 Å². The third-order valence-electron chi connectivity index (χ3n) is 3.64. The maximum atomic E-state index is 10.00. The van der Waals surface area contributed by atoms with Crippen molar-refractivity contribution in [3.8, 4) is 0 Å². The van der Waals surface area contributed by atoms with Gasteiger partial charge in [-0.1, -0.05) is 6.08 Å². The summed E-state index contributed by atoms with van der Waals surface area (Å²) in [6.45, 7) is 10.6. The minimum atomic E-state index is -0.235. The average molecular weight is 295 g/mol. The van der Waals surface area contributed by atoms with Gasteiger partial charge in [-0.05, 0) is 32.7 Å². The number of anilines is 1. The molecule has 112 valence electrons. The van der Waals surface area contributed by atoms with Crippen LogP contribution in [0.3, 0.4) is 0 Å². The first kappa shape index (κ1) is 15.5. The highest BCUT2D eigenvalue weighted by molar-refractivity contribution is 7.13. The fourth-order valence-electron chi connectivity index (χ4n) is 2.53. The van der Waals surface area contributed by atoms with Crippen molar-refractivity contribution in [2.45, 2.75) is 32.3 Å². The van der Waals surface area contributed by atoms with Crippen molar-refractivity contribution in [3.05, 3.63) is 23.7 Å². The van der Waals surface area contributed by atoms with Gasteiger partial charge in [0.25, 0.3) is 0 Å². The van der Waals surface area contributed by atoms with Crippen molar-refractivity contribution in [1.82, 2.24) is 9.88 Å². The summed E-state index contributed by atoms with van der Waals surface area (Å²) in [6.07, 6.45) is 4.47. The second-order valence-electron chi connectivity index (χ2n) is 5.43. The van der Waals surface area contributed by atoms with Crippen LogP contribution >= 0.6 is 11.3 Å². The normalized spacial score (nSPS) is 18.8. The number of aliphatic hydroxyl groups excluding tert-OH is 1. The lowest BCUT2D eigenvalue weighted by Crippen LogP contribution is -2.35. The van der Waals surface area contributed by atoms with Gasteiger partial charge in [0, 0.05) is 31.6 Å². The zero-order valence-corrected chi connectivity index (χ0v) is 13.1. The highest BCUT2D eigenvalue weighted by Gasteiger charge is 2.18. The summed E-state index contributed by atoms with van der Waals surface area (Å²) in [6, 6.07) is 0. The van der Waals surface area contributed by atoms with E-state index in [9.17, 15) is 5.11 Å². The SMILES string of the molecule is C=CCCC(O)CN1CCCN(c2nc(C)cs2)CC1. The molecular weight excluding hydrogens is 270 g/mol. The number of aryl methyl sites for hydroxylation is 1. The number of hydrogen-bond donors (Lipinski definition) is 1. The summed E-state index contributed by atoms with van der Waals surface area (Å²) in [4.78, 5) is 9.31. The van der Waals surface area contributed by atoms with Crippen LogP contribution < -0.4 is 4.90 Å². The number of nitrogens with zero attached hydrogens (tertiary/aromatic N) is 3. The number of aromatic nitrogens is 1. The molecule has 0 amide bonds. The van der Waals surface area contributed by atoms with E-state index in [2.05, 4.69) is 26.7 Å². The lowest BCUT2D eigenvalue weighted by atomic mass is 10.2. The summed E-state index contributed by atoms with van der Waals surface area (Å²) < 4.78 is 0. The molecule has 1 aromatic rings. The molecule has 1 N–H and O–H groups in total. The van der Waals surface area contributed by atoms with Gasteiger partial charge in [-0.25, -0.2) is 4.98 Å². The summed E-state index contributed by atoms with van der Waals surface area (Å²) >= 11 is 1.73. The quantitative estimate of drug-likeness (QED) is 0.818. The molecule has 2 rings (SSSR count). The molecule has 1 aliphatic heterocycles. The van der Waals surface area contributed by atoms with Gasteiger partial charge in [-0.2, -0.15) is 0 Å². The van der Waals surface area contributed by atoms with Gasteiger partial charge in [-0.15, -0.1) is 17.9 Å². The Labute approximate surface area is 125 Å². The van der Waals surface area contributed by atoms with Crippen molar-refractivity contribution >= 4 is 16.5 Å². The van der Waals surface area contributed by atoms with Gasteiger partial charge < -0.3 is 10.0 Å². The zero-order valence-electron chi connectivity index (χ0n) is 12.3. The van der Waals surface area contributed by atoms with Gasteiger partial charge in [0.05, 0.1) is 11.8 Å². The first-order valence-corrected chi connectivity index (χ1v) is 8.25. The van der Waals surface area contributed by atoms with E-state index in [1.165, 1.54) is 0 Å². The molecule has 0 aromatic carbocycles. The van der Waals surface area contributed by atoms with E-state index in [1.807, 2.05) is 13.0 Å². The van der Waals surface area contributed by atoms with Crippen molar-refractivity contribution in [2.75, 3.05) is 37.6 Å². The average Bonchev–Trinajstić information content (AvgIpc) is 2.72. The van der Waals surface area contributed by atoms with Crippen LogP contribution in [0.25, 0.3) is 0 Å². The maximum Gasteiger partial charge on any atom is 0.185 e. The van der Waals surface area contributed by atoms with Gasteiger partial charge in [0.2, 0.25) is 0 Å². The monoisotopic (exact) mass is 295 g/mol. The number of thiazole rings is 1. The lowest BCUT2D eigenvalue weighted by molar-refractivity contribution is 0.110. The Balaban J connectivity index is 1.81. The molecule has 1 aliphatic rings. The Morgan fingerprint density at radius 1 is 1.45 bits per heavy atom. The molecule has 0 bridgehead atoms. The molecule has 1 unspecified atom stereocenters.